The molecule has 0 spiro atoms. The molecule has 0 aromatic carbocycles. The highest BCUT2D eigenvalue weighted by molar-refractivity contribution is 5.69. The fraction of sp³-hybridized carbons (Fsp3) is 0.957. The number of ether oxygens (including phenoxy) is 1. The van der Waals surface area contributed by atoms with Crippen LogP contribution in [0.25, 0.3) is 0 Å². The number of carbonyl (C=O) groups excluding carboxylic acids is 1. The lowest BCUT2D eigenvalue weighted by Gasteiger charge is -2.32. The summed E-state index contributed by atoms with van der Waals surface area (Å²) in [5.41, 5.74) is 0. The summed E-state index contributed by atoms with van der Waals surface area (Å²) in [4.78, 5) is 19.4. The van der Waals surface area contributed by atoms with E-state index in [1.165, 1.54) is 77.5 Å². The molecule has 0 atom stereocenters. The van der Waals surface area contributed by atoms with Crippen molar-refractivity contribution in [1.29, 1.82) is 0 Å². The van der Waals surface area contributed by atoms with Gasteiger partial charge in [0.2, 0.25) is 0 Å². The highest BCUT2D eigenvalue weighted by atomic mass is 16.5. The number of likely N-dealkylation sites (tertiary alicyclic amines) is 2. The molecule has 2 fully saturated rings. The summed E-state index contributed by atoms with van der Waals surface area (Å²) < 4.78 is 5.44. The van der Waals surface area contributed by atoms with Crippen LogP contribution in [0, 0.1) is 5.92 Å². The summed E-state index contributed by atoms with van der Waals surface area (Å²) in [6.07, 6.45) is 12.1. The van der Waals surface area contributed by atoms with Crippen LogP contribution in [0.1, 0.15) is 71.1 Å². The molecule has 0 aliphatic carbocycles. The maximum atomic E-state index is 12.0. The first-order valence-corrected chi connectivity index (χ1v) is 12.0. The van der Waals surface area contributed by atoms with Crippen molar-refractivity contribution in [3.63, 3.8) is 0 Å². The Balaban J connectivity index is 1.43. The summed E-state index contributed by atoms with van der Waals surface area (Å²) >= 11 is 0. The average Bonchev–Trinajstić information content (AvgIpc) is 2.71. The van der Waals surface area contributed by atoms with E-state index in [2.05, 4.69) is 28.7 Å². The van der Waals surface area contributed by atoms with Gasteiger partial charge in [0.25, 0.3) is 0 Å². The number of rotatable bonds is 13. The molecule has 2 aliphatic rings. The summed E-state index contributed by atoms with van der Waals surface area (Å²) in [5, 5.41) is 0. The van der Waals surface area contributed by atoms with Gasteiger partial charge in [-0.05, 0) is 104 Å². The minimum absolute atomic E-state index is 0.0141. The molecule has 0 amide bonds. The van der Waals surface area contributed by atoms with Gasteiger partial charge in [-0.1, -0.05) is 13.3 Å². The van der Waals surface area contributed by atoms with Crippen LogP contribution >= 0.6 is 0 Å². The van der Waals surface area contributed by atoms with Crippen LogP contribution in [0.5, 0.6) is 0 Å². The fourth-order valence-corrected chi connectivity index (χ4v) is 4.62. The number of piperidine rings is 2. The van der Waals surface area contributed by atoms with E-state index in [-0.39, 0.29) is 5.97 Å². The van der Waals surface area contributed by atoms with Crippen molar-refractivity contribution in [3.8, 4) is 0 Å². The van der Waals surface area contributed by atoms with E-state index < -0.39 is 0 Å². The van der Waals surface area contributed by atoms with Crippen molar-refractivity contribution in [2.24, 2.45) is 5.92 Å². The van der Waals surface area contributed by atoms with E-state index in [0.29, 0.717) is 13.0 Å². The van der Waals surface area contributed by atoms with Gasteiger partial charge in [-0.3, -0.25) is 4.79 Å². The number of esters is 1. The summed E-state index contributed by atoms with van der Waals surface area (Å²) in [6, 6.07) is 0. The van der Waals surface area contributed by atoms with Gasteiger partial charge < -0.3 is 19.4 Å². The molecule has 0 radical (unpaired) electrons. The zero-order chi connectivity index (χ0) is 20.0. The molecule has 2 rings (SSSR count). The van der Waals surface area contributed by atoms with E-state index in [0.717, 1.165) is 38.5 Å². The second-order valence-corrected chi connectivity index (χ2v) is 8.96. The summed E-state index contributed by atoms with van der Waals surface area (Å²) in [6.45, 7) is 12.0. The maximum Gasteiger partial charge on any atom is 0.307 e. The normalized spacial score (nSPS) is 20.0. The van der Waals surface area contributed by atoms with Crippen molar-refractivity contribution in [2.75, 3.05) is 66.0 Å². The Hall–Kier alpha value is -0.650. The Labute approximate surface area is 173 Å². The molecule has 164 valence electrons. The molecule has 5 heteroatoms. The molecule has 0 aromatic heterocycles. The van der Waals surface area contributed by atoms with Gasteiger partial charge in [-0.2, -0.15) is 0 Å². The zero-order valence-electron chi connectivity index (χ0n) is 18.7. The zero-order valence-corrected chi connectivity index (χ0v) is 18.7. The third kappa shape index (κ3) is 10.2. The fourth-order valence-electron chi connectivity index (χ4n) is 4.62. The molecule has 0 saturated carbocycles. The summed E-state index contributed by atoms with van der Waals surface area (Å²) in [7, 11) is 2.23. The number of hydrogen-bond acceptors (Lipinski definition) is 5. The lowest BCUT2D eigenvalue weighted by Crippen LogP contribution is -2.35. The molecule has 2 saturated heterocycles. The van der Waals surface area contributed by atoms with Crippen LogP contribution in [0.2, 0.25) is 0 Å². The topological polar surface area (TPSA) is 36.0 Å². The SMILES string of the molecule is CCCN(C)CCCC1CCN(CCC(=O)OCCCN2CCCCC2)CC1. The van der Waals surface area contributed by atoms with Crippen LogP contribution in [0.4, 0.5) is 0 Å². The highest BCUT2D eigenvalue weighted by Crippen LogP contribution is 2.22. The highest BCUT2D eigenvalue weighted by Gasteiger charge is 2.19. The van der Waals surface area contributed by atoms with E-state index in [1.54, 1.807) is 0 Å². The van der Waals surface area contributed by atoms with Gasteiger partial charge >= 0.3 is 5.97 Å². The molecule has 5 nitrogen and oxygen atoms in total. The molecule has 2 aliphatic heterocycles. The van der Waals surface area contributed by atoms with Gasteiger partial charge in [-0.15, -0.1) is 0 Å². The van der Waals surface area contributed by atoms with Gasteiger partial charge in [0.1, 0.15) is 0 Å². The van der Waals surface area contributed by atoms with Crippen LogP contribution in [-0.2, 0) is 9.53 Å². The molecule has 0 unspecified atom stereocenters. The summed E-state index contributed by atoms with van der Waals surface area (Å²) in [5.74, 6) is 0.868. The molecular weight excluding hydrogens is 350 g/mol. The number of hydrogen-bond donors (Lipinski definition) is 0. The smallest absolute Gasteiger partial charge is 0.307 e. The van der Waals surface area contributed by atoms with Crippen molar-refractivity contribution in [1.82, 2.24) is 14.7 Å². The lowest BCUT2D eigenvalue weighted by atomic mass is 9.92. The van der Waals surface area contributed by atoms with Crippen LogP contribution in [-0.4, -0.2) is 86.7 Å². The predicted octanol–water partition coefficient (Wildman–Crippen LogP) is 3.63. The first-order chi connectivity index (χ1) is 13.7. The number of nitrogens with zero attached hydrogens (tertiary/aromatic N) is 3. The largest absolute Gasteiger partial charge is 0.466 e. The molecule has 28 heavy (non-hydrogen) atoms. The van der Waals surface area contributed by atoms with Crippen molar-refractivity contribution in [2.45, 2.75) is 71.1 Å². The molecule has 2 heterocycles. The minimum atomic E-state index is -0.0141. The Morgan fingerprint density at radius 3 is 2.39 bits per heavy atom. The molecule has 0 aromatic rings. The second kappa shape index (κ2) is 14.4. The Kier molecular flexibility index (Phi) is 12.1. The van der Waals surface area contributed by atoms with Crippen LogP contribution < -0.4 is 0 Å². The third-order valence-corrected chi connectivity index (χ3v) is 6.43. The monoisotopic (exact) mass is 395 g/mol. The predicted molar refractivity (Wildman–Crippen MR) is 117 cm³/mol. The average molecular weight is 396 g/mol. The van der Waals surface area contributed by atoms with Gasteiger partial charge in [0, 0.05) is 13.1 Å². The molecule has 0 N–H and O–H groups in total. The van der Waals surface area contributed by atoms with Gasteiger partial charge in [-0.25, -0.2) is 0 Å². The van der Waals surface area contributed by atoms with Crippen LogP contribution in [0.3, 0.4) is 0 Å². The van der Waals surface area contributed by atoms with Crippen molar-refractivity contribution < 1.29 is 9.53 Å². The number of carbonyl (C=O) groups is 1. The Morgan fingerprint density at radius 2 is 1.68 bits per heavy atom. The first kappa shape index (κ1) is 23.6. The van der Waals surface area contributed by atoms with Gasteiger partial charge in [0.15, 0.2) is 0 Å². The first-order valence-electron chi connectivity index (χ1n) is 12.0. The van der Waals surface area contributed by atoms with Crippen LogP contribution in [0.15, 0.2) is 0 Å². The minimum Gasteiger partial charge on any atom is -0.466 e. The third-order valence-electron chi connectivity index (χ3n) is 6.43. The van der Waals surface area contributed by atoms with E-state index in [1.807, 2.05) is 0 Å². The van der Waals surface area contributed by atoms with E-state index in [4.69, 9.17) is 4.74 Å². The van der Waals surface area contributed by atoms with E-state index in [9.17, 15) is 4.79 Å². The van der Waals surface area contributed by atoms with Crippen molar-refractivity contribution >= 4 is 5.97 Å². The maximum absolute atomic E-state index is 12.0. The standard InChI is InChI=1S/C23H45N3O2/c1-3-13-24(2)14-7-9-22-10-18-26(19-11-22)20-12-23(27)28-21-8-17-25-15-5-4-6-16-25/h22H,3-21H2,1-2H3. The second-order valence-electron chi connectivity index (χ2n) is 8.96. The lowest BCUT2D eigenvalue weighted by molar-refractivity contribution is -0.144. The Bertz CT molecular complexity index is 405. The quantitative estimate of drug-likeness (QED) is 0.351. The molecular formula is C23H45N3O2. The van der Waals surface area contributed by atoms with Crippen molar-refractivity contribution in [3.05, 3.63) is 0 Å². The van der Waals surface area contributed by atoms with E-state index >= 15 is 0 Å². The molecule has 0 bridgehead atoms. The Morgan fingerprint density at radius 1 is 0.964 bits per heavy atom. The van der Waals surface area contributed by atoms with Gasteiger partial charge in [0.05, 0.1) is 13.0 Å².